The van der Waals surface area contributed by atoms with E-state index < -0.39 is 48.9 Å². The highest BCUT2D eigenvalue weighted by Crippen LogP contribution is 2.59. The number of rotatable bonds is 7. The Morgan fingerprint density at radius 1 is 1.02 bits per heavy atom. The first-order chi connectivity index (χ1) is 20.7. The first kappa shape index (κ1) is 33.9. The number of nitrogens with one attached hydrogen (secondary N) is 2. The van der Waals surface area contributed by atoms with Gasteiger partial charge in [0.2, 0.25) is 11.8 Å². The first-order valence-electron chi connectivity index (χ1n) is 14.5. The Kier molecular flexibility index (Phi) is 10.5. The maximum Gasteiger partial charge on any atom is 0.238 e. The number of methoxy groups -OCH3 is 1. The van der Waals surface area contributed by atoms with Gasteiger partial charge in [-0.2, -0.15) is 0 Å². The smallest absolute Gasteiger partial charge is 0.238 e. The van der Waals surface area contributed by atoms with Crippen LogP contribution in [-0.4, -0.2) is 39.7 Å². The van der Waals surface area contributed by atoms with E-state index in [0.717, 1.165) is 12.7 Å². The van der Waals surface area contributed by atoms with Crippen LogP contribution in [0.15, 0.2) is 54.6 Å². The standard InChI is InChI=1S/C27H22Cl2F2N2O3.C6H16OSi/c1-13(2)36-21-9-8-19(30)24(31)23(21)25-27(17-7-6-16(29)11-20(17)32-26(27)35)18(12-22(34)33-25)14-4-3-5-15(28)10-14;1-7-5-6-8(2,3)4/h3-11,13,18,25H,12H2,1-2H3,(H,32,35)(H,33,34);5-6H2,1-4H3/t18-,25+,27-;/m0./s1. The molecule has 3 aromatic rings. The first-order valence-corrected chi connectivity index (χ1v) is 18.9. The Morgan fingerprint density at radius 3 is 2.34 bits per heavy atom. The normalized spacial score (nSPS) is 21.0. The van der Waals surface area contributed by atoms with Crippen LogP contribution in [0, 0.1) is 11.6 Å². The monoisotopic (exact) mass is 662 g/mol. The highest BCUT2D eigenvalue weighted by atomic mass is 35.5. The molecule has 2 aliphatic rings. The number of carbonyl (C=O) groups is 2. The second kappa shape index (κ2) is 13.6. The highest BCUT2D eigenvalue weighted by molar-refractivity contribution is 6.76. The molecule has 2 aliphatic heterocycles. The third kappa shape index (κ3) is 6.96. The highest BCUT2D eigenvalue weighted by Gasteiger charge is 2.62. The van der Waals surface area contributed by atoms with Gasteiger partial charge in [0, 0.05) is 49.9 Å². The van der Waals surface area contributed by atoms with Gasteiger partial charge in [0.1, 0.15) is 11.2 Å². The molecule has 11 heteroatoms. The van der Waals surface area contributed by atoms with Crippen molar-refractivity contribution in [1.82, 2.24) is 5.32 Å². The van der Waals surface area contributed by atoms with Crippen molar-refractivity contribution in [3.8, 4) is 5.75 Å². The lowest BCUT2D eigenvalue weighted by Crippen LogP contribution is -2.57. The Labute approximate surface area is 268 Å². The number of halogens is 4. The molecule has 0 aliphatic carbocycles. The van der Waals surface area contributed by atoms with Crippen LogP contribution in [0.2, 0.25) is 35.7 Å². The summed E-state index contributed by atoms with van der Waals surface area (Å²) in [6.07, 6.45) is -0.458. The maximum atomic E-state index is 15.6. The number of ether oxygens (including phenoxy) is 2. The molecule has 6 nitrogen and oxygen atoms in total. The summed E-state index contributed by atoms with van der Waals surface area (Å²) in [5.41, 5.74) is -0.234. The molecule has 1 saturated heterocycles. The Balaban J connectivity index is 0.000000488. The number of amides is 2. The maximum absolute atomic E-state index is 15.6. The molecule has 236 valence electrons. The second-order valence-electron chi connectivity index (χ2n) is 12.6. The van der Waals surface area contributed by atoms with E-state index in [9.17, 15) is 14.0 Å². The minimum absolute atomic E-state index is 0.0375. The number of hydrogen-bond donors (Lipinski definition) is 2. The van der Waals surface area contributed by atoms with Gasteiger partial charge in [-0.3, -0.25) is 9.59 Å². The van der Waals surface area contributed by atoms with E-state index in [1.54, 1.807) is 63.4 Å². The molecule has 0 bridgehead atoms. The Bertz CT molecular complexity index is 1550. The van der Waals surface area contributed by atoms with Crippen LogP contribution in [0.1, 0.15) is 48.9 Å². The van der Waals surface area contributed by atoms with Gasteiger partial charge < -0.3 is 20.1 Å². The third-order valence-corrected chi connectivity index (χ3v) is 9.98. The van der Waals surface area contributed by atoms with Crippen LogP contribution in [0.5, 0.6) is 5.75 Å². The SMILES string of the molecule is CC(C)Oc1ccc(F)c(F)c1[C@H]1NC(=O)C[C@@H](c2cccc(Cl)c2)[C@]12C(=O)Nc1cc(Cl)ccc12.COCC[Si](C)(C)C. The number of piperidine rings is 1. The molecule has 1 spiro atoms. The summed E-state index contributed by atoms with van der Waals surface area (Å²) >= 11 is 12.5. The summed E-state index contributed by atoms with van der Waals surface area (Å²) in [4.78, 5) is 27.1. The van der Waals surface area contributed by atoms with Gasteiger partial charge in [-0.25, -0.2) is 8.78 Å². The Hall–Kier alpha value is -2.98. The predicted octanol–water partition coefficient (Wildman–Crippen LogP) is 8.26. The van der Waals surface area contributed by atoms with Crippen molar-refractivity contribution in [2.75, 3.05) is 19.0 Å². The Morgan fingerprint density at radius 2 is 1.73 bits per heavy atom. The van der Waals surface area contributed by atoms with Crippen LogP contribution in [0.4, 0.5) is 14.5 Å². The lowest BCUT2D eigenvalue weighted by Gasteiger charge is -2.46. The number of hydrogen-bond acceptors (Lipinski definition) is 4. The number of benzene rings is 3. The average Bonchev–Trinajstić information content (AvgIpc) is 3.21. The zero-order chi connectivity index (χ0) is 32.4. The largest absolute Gasteiger partial charge is 0.491 e. The van der Waals surface area contributed by atoms with Crippen molar-refractivity contribution < 1.29 is 27.8 Å². The van der Waals surface area contributed by atoms with Crippen molar-refractivity contribution in [3.63, 3.8) is 0 Å². The zero-order valence-corrected chi connectivity index (χ0v) is 28.2. The molecule has 3 aromatic carbocycles. The van der Waals surface area contributed by atoms with Gasteiger partial charge in [0.25, 0.3) is 0 Å². The number of carbonyl (C=O) groups excluding carboxylic acids is 2. The van der Waals surface area contributed by atoms with Gasteiger partial charge in [0.05, 0.1) is 17.7 Å². The lowest BCUT2D eigenvalue weighted by molar-refractivity contribution is -0.131. The molecule has 44 heavy (non-hydrogen) atoms. The molecule has 0 unspecified atom stereocenters. The summed E-state index contributed by atoms with van der Waals surface area (Å²) in [7, 11) is 0.961. The molecule has 3 atom stereocenters. The van der Waals surface area contributed by atoms with E-state index in [4.69, 9.17) is 32.7 Å². The van der Waals surface area contributed by atoms with Gasteiger partial charge >= 0.3 is 0 Å². The van der Waals surface area contributed by atoms with E-state index in [0.29, 0.717) is 26.9 Å². The quantitative estimate of drug-likeness (QED) is 0.250. The van der Waals surface area contributed by atoms with Crippen LogP contribution < -0.4 is 15.4 Å². The summed E-state index contributed by atoms with van der Waals surface area (Å²) in [5.74, 6) is -3.94. The molecule has 2 heterocycles. The lowest BCUT2D eigenvalue weighted by atomic mass is 9.59. The van der Waals surface area contributed by atoms with Crippen LogP contribution in [-0.2, 0) is 19.7 Å². The fraction of sp³-hybridized carbons (Fsp3) is 0.394. The topological polar surface area (TPSA) is 76.7 Å². The van der Waals surface area contributed by atoms with Crippen molar-refractivity contribution >= 4 is 48.8 Å². The zero-order valence-electron chi connectivity index (χ0n) is 25.7. The van der Waals surface area contributed by atoms with Crippen molar-refractivity contribution in [1.29, 1.82) is 0 Å². The van der Waals surface area contributed by atoms with Crippen molar-refractivity contribution in [2.24, 2.45) is 0 Å². The van der Waals surface area contributed by atoms with Crippen LogP contribution >= 0.6 is 23.2 Å². The number of fused-ring (bicyclic) bond motifs is 2. The minimum Gasteiger partial charge on any atom is -0.491 e. The molecule has 2 amide bonds. The summed E-state index contributed by atoms with van der Waals surface area (Å²) in [6, 6.07) is 14.0. The fourth-order valence-corrected chi connectivity index (χ4v) is 7.02. The van der Waals surface area contributed by atoms with Crippen LogP contribution in [0.3, 0.4) is 0 Å². The van der Waals surface area contributed by atoms with E-state index in [1.165, 1.54) is 12.1 Å². The van der Waals surface area contributed by atoms with Crippen LogP contribution in [0.25, 0.3) is 0 Å². The molecule has 0 aromatic heterocycles. The minimum atomic E-state index is -1.55. The molecule has 0 radical (unpaired) electrons. The van der Waals surface area contributed by atoms with Gasteiger partial charge in [-0.1, -0.05) is 61.0 Å². The molecular weight excluding hydrogens is 625 g/mol. The summed E-state index contributed by atoms with van der Waals surface area (Å²) in [6.45, 7) is 11.5. The molecule has 5 rings (SSSR count). The van der Waals surface area contributed by atoms with Crippen molar-refractivity contribution in [3.05, 3.63) is 93.0 Å². The molecular formula is C33H38Cl2F2N2O4Si. The van der Waals surface area contributed by atoms with Crippen molar-refractivity contribution in [2.45, 2.75) is 69.4 Å². The number of anilines is 1. The van der Waals surface area contributed by atoms with Gasteiger partial charge in [-0.15, -0.1) is 0 Å². The second-order valence-corrected chi connectivity index (χ2v) is 19.1. The van der Waals surface area contributed by atoms with E-state index >= 15 is 4.39 Å². The third-order valence-electron chi connectivity index (χ3n) is 7.80. The van der Waals surface area contributed by atoms with Gasteiger partial charge in [0.15, 0.2) is 11.6 Å². The summed E-state index contributed by atoms with van der Waals surface area (Å²) < 4.78 is 41.1. The van der Waals surface area contributed by atoms with E-state index in [1.807, 2.05) is 0 Å². The average molecular weight is 664 g/mol. The molecule has 2 N–H and O–H groups in total. The van der Waals surface area contributed by atoms with Gasteiger partial charge in [-0.05, 0) is 67.4 Å². The fourth-order valence-electron chi connectivity index (χ4n) is 5.83. The van der Waals surface area contributed by atoms with E-state index in [-0.39, 0.29) is 23.8 Å². The summed E-state index contributed by atoms with van der Waals surface area (Å²) in [5, 5.41) is 6.46. The van der Waals surface area contributed by atoms with E-state index in [2.05, 4.69) is 30.3 Å². The molecule has 0 saturated carbocycles. The predicted molar refractivity (Wildman–Crippen MR) is 174 cm³/mol. The molecule has 1 fully saturated rings.